The van der Waals surface area contributed by atoms with Gasteiger partial charge in [0.05, 0.1) is 31.7 Å². The Hall–Kier alpha value is -2.50. The molecular formula is C13H15N3O3. The van der Waals surface area contributed by atoms with Crippen LogP contribution in [0.1, 0.15) is 10.4 Å². The highest BCUT2D eigenvalue weighted by molar-refractivity contribution is 6.06. The Balaban J connectivity index is 2.28. The van der Waals surface area contributed by atoms with Crippen molar-refractivity contribution >= 4 is 11.6 Å². The number of carbonyl (C=O) groups excluding carboxylic acids is 1. The second-order valence-electron chi connectivity index (χ2n) is 3.90. The summed E-state index contributed by atoms with van der Waals surface area (Å²) in [6, 6.07) is 5.15. The maximum absolute atomic E-state index is 12.2. The highest BCUT2D eigenvalue weighted by atomic mass is 16.5. The lowest BCUT2D eigenvalue weighted by Crippen LogP contribution is -2.13. The minimum Gasteiger partial charge on any atom is -0.493 e. The second kappa shape index (κ2) is 5.43. The van der Waals surface area contributed by atoms with E-state index in [4.69, 9.17) is 9.47 Å². The Morgan fingerprint density at radius 3 is 2.68 bits per heavy atom. The first kappa shape index (κ1) is 12.9. The molecule has 0 fully saturated rings. The van der Waals surface area contributed by atoms with E-state index in [9.17, 15) is 4.79 Å². The summed E-state index contributed by atoms with van der Waals surface area (Å²) in [5, 5.41) is 6.73. The largest absolute Gasteiger partial charge is 0.493 e. The van der Waals surface area contributed by atoms with E-state index in [1.54, 1.807) is 42.3 Å². The Morgan fingerprint density at radius 1 is 1.32 bits per heavy atom. The predicted molar refractivity (Wildman–Crippen MR) is 70.7 cm³/mol. The van der Waals surface area contributed by atoms with Crippen molar-refractivity contribution in [1.29, 1.82) is 0 Å². The highest BCUT2D eigenvalue weighted by Gasteiger charge is 2.16. The summed E-state index contributed by atoms with van der Waals surface area (Å²) in [5.41, 5.74) is 1.03. The van der Waals surface area contributed by atoms with Crippen LogP contribution in [0.15, 0.2) is 30.6 Å². The molecule has 1 aromatic carbocycles. The maximum Gasteiger partial charge on any atom is 0.259 e. The van der Waals surface area contributed by atoms with Crippen molar-refractivity contribution < 1.29 is 14.3 Å². The lowest BCUT2D eigenvalue weighted by atomic mass is 10.1. The lowest BCUT2D eigenvalue weighted by Gasteiger charge is -2.11. The molecule has 0 aliphatic heterocycles. The number of hydrogen-bond acceptors (Lipinski definition) is 4. The summed E-state index contributed by atoms with van der Waals surface area (Å²) < 4.78 is 12.0. The molecule has 0 aliphatic carbocycles. The summed E-state index contributed by atoms with van der Waals surface area (Å²) >= 11 is 0. The molecule has 1 N–H and O–H groups in total. The van der Waals surface area contributed by atoms with Gasteiger partial charge in [-0.2, -0.15) is 5.10 Å². The van der Waals surface area contributed by atoms with E-state index < -0.39 is 0 Å². The van der Waals surface area contributed by atoms with Crippen LogP contribution in [0.4, 0.5) is 5.69 Å². The van der Waals surface area contributed by atoms with E-state index in [1.807, 2.05) is 0 Å². The van der Waals surface area contributed by atoms with Gasteiger partial charge in [-0.15, -0.1) is 0 Å². The first-order valence-corrected chi connectivity index (χ1v) is 5.66. The average molecular weight is 261 g/mol. The van der Waals surface area contributed by atoms with Gasteiger partial charge in [-0.05, 0) is 12.1 Å². The summed E-state index contributed by atoms with van der Waals surface area (Å²) in [6.45, 7) is 0. The Kier molecular flexibility index (Phi) is 3.70. The first-order chi connectivity index (χ1) is 9.15. The zero-order chi connectivity index (χ0) is 13.8. The predicted octanol–water partition coefficient (Wildman–Crippen LogP) is 1.69. The van der Waals surface area contributed by atoms with Crippen molar-refractivity contribution in [1.82, 2.24) is 9.78 Å². The number of nitrogens with one attached hydrogen (secondary N) is 1. The van der Waals surface area contributed by atoms with Gasteiger partial charge in [0.2, 0.25) is 0 Å². The van der Waals surface area contributed by atoms with Gasteiger partial charge in [-0.25, -0.2) is 0 Å². The van der Waals surface area contributed by atoms with Crippen LogP contribution in [0.2, 0.25) is 0 Å². The van der Waals surface area contributed by atoms with Crippen LogP contribution in [-0.2, 0) is 7.05 Å². The molecule has 0 saturated carbocycles. The topological polar surface area (TPSA) is 65.4 Å². The molecule has 0 unspecified atom stereocenters. The van der Waals surface area contributed by atoms with Crippen LogP contribution in [-0.4, -0.2) is 29.9 Å². The molecule has 0 atom stereocenters. The first-order valence-electron chi connectivity index (χ1n) is 5.66. The van der Waals surface area contributed by atoms with Gasteiger partial charge >= 0.3 is 0 Å². The molecule has 0 radical (unpaired) electrons. The van der Waals surface area contributed by atoms with E-state index in [0.717, 1.165) is 0 Å². The van der Waals surface area contributed by atoms with E-state index in [-0.39, 0.29) is 5.91 Å². The van der Waals surface area contributed by atoms with Gasteiger partial charge in [0.15, 0.2) is 11.5 Å². The number of benzene rings is 1. The minimum atomic E-state index is -0.274. The number of para-hydroxylation sites is 1. The molecule has 0 aliphatic rings. The highest BCUT2D eigenvalue weighted by Crippen LogP contribution is 2.31. The molecule has 6 heteroatoms. The molecule has 6 nitrogen and oxygen atoms in total. The third-order valence-corrected chi connectivity index (χ3v) is 2.61. The van der Waals surface area contributed by atoms with Crippen molar-refractivity contribution in [2.24, 2.45) is 7.05 Å². The normalized spacial score (nSPS) is 10.1. The molecule has 0 spiro atoms. The van der Waals surface area contributed by atoms with Crippen molar-refractivity contribution in [2.75, 3.05) is 19.5 Å². The SMILES string of the molecule is COc1cccc(C(=O)Nc2cnn(C)c2)c1OC. The third kappa shape index (κ3) is 2.67. The second-order valence-corrected chi connectivity index (χ2v) is 3.90. The molecule has 0 bridgehead atoms. The van der Waals surface area contributed by atoms with Crippen molar-refractivity contribution in [3.05, 3.63) is 36.2 Å². The molecule has 19 heavy (non-hydrogen) atoms. The molecule has 100 valence electrons. The monoisotopic (exact) mass is 261 g/mol. The van der Waals surface area contributed by atoms with Gasteiger partial charge < -0.3 is 14.8 Å². The number of ether oxygens (including phenoxy) is 2. The van der Waals surface area contributed by atoms with Gasteiger partial charge in [-0.1, -0.05) is 6.07 Å². The van der Waals surface area contributed by atoms with Crippen LogP contribution < -0.4 is 14.8 Å². The van der Waals surface area contributed by atoms with E-state index in [2.05, 4.69) is 10.4 Å². The number of nitrogens with zero attached hydrogens (tertiary/aromatic N) is 2. The van der Waals surface area contributed by atoms with Gasteiger partial charge in [-0.3, -0.25) is 9.48 Å². The standard InChI is InChI=1S/C13H15N3O3/c1-16-8-9(7-14-16)15-13(17)10-5-4-6-11(18-2)12(10)19-3/h4-8H,1-3H3,(H,15,17). The molecule has 2 rings (SSSR count). The number of aromatic nitrogens is 2. The molecule has 1 aromatic heterocycles. The third-order valence-electron chi connectivity index (χ3n) is 2.61. The number of aryl methyl sites for hydroxylation is 1. The summed E-state index contributed by atoms with van der Waals surface area (Å²) in [5.74, 6) is 0.650. The van der Waals surface area contributed by atoms with Crippen LogP contribution in [0.3, 0.4) is 0 Å². The number of hydrogen-bond donors (Lipinski definition) is 1. The fraction of sp³-hybridized carbons (Fsp3) is 0.231. The van der Waals surface area contributed by atoms with Gasteiger partial charge in [0.25, 0.3) is 5.91 Å². The summed E-state index contributed by atoms with van der Waals surface area (Å²) in [4.78, 5) is 12.2. The smallest absolute Gasteiger partial charge is 0.259 e. The molecular weight excluding hydrogens is 246 g/mol. The number of carbonyl (C=O) groups is 1. The van der Waals surface area contributed by atoms with Crippen molar-refractivity contribution in [3.8, 4) is 11.5 Å². The van der Waals surface area contributed by atoms with Crippen LogP contribution in [0.5, 0.6) is 11.5 Å². The Bertz CT molecular complexity index is 593. The molecule has 1 amide bonds. The number of methoxy groups -OCH3 is 2. The Labute approximate surface area is 110 Å². The zero-order valence-electron chi connectivity index (χ0n) is 11.0. The summed E-state index contributed by atoms with van der Waals surface area (Å²) in [7, 11) is 4.81. The van der Waals surface area contributed by atoms with E-state index in [0.29, 0.717) is 22.7 Å². The van der Waals surface area contributed by atoms with Gasteiger partial charge in [0.1, 0.15) is 0 Å². The zero-order valence-corrected chi connectivity index (χ0v) is 11.0. The molecule has 2 aromatic rings. The number of amides is 1. The van der Waals surface area contributed by atoms with Crippen LogP contribution in [0.25, 0.3) is 0 Å². The molecule has 1 heterocycles. The number of rotatable bonds is 4. The maximum atomic E-state index is 12.2. The quantitative estimate of drug-likeness (QED) is 0.909. The molecule has 0 saturated heterocycles. The van der Waals surface area contributed by atoms with Crippen LogP contribution >= 0.6 is 0 Å². The lowest BCUT2D eigenvalue weighted by molar-refractivity contribution is 0.102. The van der Waals surface area contributed by atoms with E-state index >= 15 is 0 Å². The Morgan fingerprint density at radius 2 is 2.11 bits per heavy atom. The van der Waals surface area contributed by atoms with Crippen LogP contribution in [0, 0.1) is 0 Å². The number of anilines is 1. The van der Waals surface area contributed by atoms with Crippen molar-refractivity contribution in [3.63, 3.8) is 0 Å². The van der Waals surface area contributed by atoms with E-state index in [1.165, 1.54) is 14.2 Å². The summed E-state index contributed by atoms with van der Waals surface area (Å²) in [6.07, 6.45) is 3.29. The van der Waals surface area contributed by atoms with Crippen molar-refractivity contribution in [2.45, 2.75) is 0 Å². The fourth-order valence-corrected chi connectivity index (χ4v) is 1.75. The fourth-order valence-electron chi connectivity index (χ4n) is 1.75. The minimum absolute atomic E-state index is 0.274. The average Bonchev–Trinajstić information content (AvgIpc) is 2.82. The van der Waals surface area contributed by atoms with Gasteiger partial charge in [0, 0.05) is 13.2 Å².